The van der Waals surface area contributed by atoms with Gasteiger partial charge in [0.05, 0.1) is 18.8 Å². The lowest BCUT2D eigenvalue weighted by atomic mass is 9.98. The van der Waals surface area contributed by atoms with Crippen molar-refractivity contribution in [3.8, 4) is 5.75 Å². The molecule has 128 valence electrons. The first kappa shape index (κ1) is 17.6. The Balaban J connectivity index is 1.75. The van der Waals surface area contributed by atoms with Crippen molar-refractivity contribution in [2.45, 2.75) is 64.1 Å². The fraction of sp³-hybridized carbons (Fsp3) is 0.611. The van der Waals surface area contributed by atoms with Crippen molar-refractivity contribution in [2.24, 2.45) is 0 Å². The zero-order valence-electron chi connectivity index (χ0n) is 13.9. The Labute approximate surface area is 138 Å². The van der Waals surface area contributed by atoms with E-state index in [-0.39, 0.29) is 18.7 Å². The highest BCUT2D eigenvalue weighted by Crippen LogP contribution is 2.23. The maximum absolute atomic E-state index is 11.7. The molecule has 1 aliphatic carbocycles. The van der Waals surface area contributed by atoms with E-state index in [1.807, 2.05) is 31.2 Å². The molecule has 2 rings (SSSR count). The predicted molar refractivity (Wildman–Crippen MR) is 90.5 cm³/mol. The summed E-state index contributed by atoms with van der Waals surface area (Å²) in [7, 11) is 0. The second-order valence-electron chi connectivity index (χ2n) is 6.14. The molecule has 0 saturated heterocycles. The van der Waals surface area contributed by atoms with Gasteiger partial charge in [0.25, 0.3) is 0 Å². The fourth-order valence-corrected chi connectivity index (χ4v) is 2.76. The van der Waals surface area contributed by atoms with Crippen molar-refractivity contribution in [1.82, 2.24) is 10.6 Å². The highest BCUT2D eigenvalue weighted by atomic mass is 16.5. The van der Waals surface area contributed by atoms with Gasteiger partial charge in [-0.2, -0.15) is 0 Å². The highest BCUT2D eigenvalue weighted by molar-refractivity contribution is 5.74. The zero-order valence-corrected chi connectivity index (χ0v) is 13.9. The quantitative estimate of drug-likeness (QED) is 0.723. The first-order valence-corrected chi connectivity index (χ1v) is 8.62. The van der Waals surface area contributed by atoms with Crippen LogP contribution < -0.4 is 15.4 Å². The van der Waals surface area contributed by atoms with Gasteiger partial charge in [-0.05, 0) is 49.8 Å². The number of hydrogen-bond acceptors (Lipinski definition) is 3. The van der Waals surface area contributed by atoms with Crippen LogP contribution in [0.4, 0.5) is 4.79 Å². The van der Waals surface area contributed by atoms with E-state index in [0.717, 1.165) is 24.2 Å². The van der Waals surface area contributed by atoms with Crippen LogP contribution >= 0.6 is 0 Å². The van der Waals surface area contributed by atoms with Gasteiger partial charge in [0, 0.05) is 6.54 Å². The molecule has 3 N–H and O–H groups in total. The van der Waals surface area contributed by atoms with Gasteiger partial charge in [-0.15, -0.1) is 0 Å². The second-order valence-corrected chi connectivity index (χ2v) is 6.14. The molecule has 1 atom stereocenters. The maximum atomic E-state index is 11.7. The normalized spacial score (nSPS) is 16.6. The summed E-state index contributed by atoms with van der Waals surface area (Å²) in [4.78, 5) is 11.7. The van der Waals surface area contributed by atoms with Crippen molar-refractivity contribution >= 4 is 6.03 Å². The van der Waals surface area contributed by atoms with Crippen LogP contribution in [0.5, 0.6) is 5.75 Å². The molecule has 0 aliphatic heterocycles. The Morgan fingerprint density at radius 2 is 1.96 bits per heavy atom. The Morgan fingerprint density at radius 3 is 2.57 bits per heavy atom. The molecule has 0 heterocycles. The molecule has 5 heteroatoms. The molecule has 2 amide bonds. The lowest BCUT2D eigenvalue weighted by Gasteiger charge is -2.23. The van der Waals surface area contributed by atoms with E-state index in [0.29, 0.717) is 19.1 Å². The summed E-state index contributed by atoms with van der Waals surface area (Å²) in [6.07, 6.45) is 7.18. The van der Waals surface area contributed by atoms with E-state index < -0.39 is 0 Å². The van der Waals surface area contributed by atoms with Crippen LogP contribution in [0.2, 0.25) is 0 Å². The molecule has 0 radical (unpaired) electrons. The van der Waals surface area contributed by atoms with Crippen molar-refractivity contribution < 1.29 is 14.6 Å². The summed E-state index contributed by atoms with van der Waals surface area (Å²) in [5.41, 5.74) is 1.02. The lowest BCUT2D eigenvalue weighted by Crippen LogP contribution is -2.43. The number of aliphatic hydroxyl groups is 1. The predicted octanol–water partition coefficient (Wildman–Crippen LogP) is 2.97. The monoisotopic (exact) mass is 320 g/mol. The summed E-state index contributed by atoms with van der Waals surface area (Å²) in [6.45, 7) is 2.33. The fourth-order valence-electron chi connectivity index (χ4n) is 2.76. The Hall–Kier alpha value is -1.75. The third-order valence-electron chi connectivity index (χ3n) is 4.28. The third-order valence-corrected chi connectivity index (χ3v) is 4.28. The van der Waals surface area contributed by atoms with Crippen molar-refractivity contribution in [2.75, 3.05) is 6.61 Å². The van der Waals surface area contributed by atoms with E-state index in [1.165, 1.54) is 19.3 Å². The minimum Gasteiger partial charge on any atom is -0.490 e. The molecule has 1 aromatic carbocycles. The largest absolute Gasteiger partial charge is 0.490 e. The van der Waals surface area contributed by atoms with Crippen LogP contribution in [0.15, 0.2) is 24.3 Å². The number of aliphatic hydroxyl groups excluding tert-OH is 1. The summed E-state index contributed by atoms with van der Waals surface area (Å²) >= 11 is 0. The van der Waals surface area contributed by atoms with Crippen LogP contribution in [0, 0.1) is 0 Å². The number of rotatable bonds is 7. The molecular weight excluding hydrogens is 292 g/mol. The number of amides is 2. The highest BCUT2D eigenvalue weighted by Gasteiger charge is 2.14. The molecular formula is C18H28N2O3. The van der Waals surface area contributed by atoms with Crippen LogP contribution in [-0.4, -0.2) is 29.9 Å². The molecule has 5 nitrogen and oxygen atoms in total. The van der Waals surface area contributed by atoms with E-state index in [9.17, 15) is 4.79 Å². The van der Waals surface area contributed by atoms with Crippen molar-refractivity contribution in [3.05, 3.63) is 29.8 Å². The number of carbonyl (C=O) groups excluding carboxylic acids is 1. The molecule has 1 aromatic rings. The van der Waals surface area contributed by atoms with Crippen molar-refractivity contribution in [3.63, 3.8) is 0 Å². The average Bonchev–Trinajstić information content (AvgIpc) is 2.60. The number of nitrogens with one attached hydrogen (secondary N) is 2. The number of benzene rings is 1. The SMILES string of the molecule is CCC(CO)NC(=O)NCc1ccc(OC2CCCCC2)cc1. The van der Waals surface area contributed by atoms with Crippen LogP contribution in [0.3, 0.4) is 0 Å². The summed E-state index contributed by atoms with van der Waals surface area (Å²) < 4.78 is 5.99. The van der Waals surface area contributed by atoms with Gasteiger partial charge in [0.15, 0.2) is 0 Å². The second kappa shape index (κ2) is 9.40. The lowest BCUT2D eigenvalue weighted by molar-refractivity contribution is 0.155. The molecule has 1 aliphatic rings. The number of carbonyl (C=O) groups is 1. The van der Waals surface area contributed by atoms with Gasteiger partial charge in [0.2, 0.25) is 0 Å². The Kier molecular flexibility index (Phi) is 7.20. The third kappa shape index (κ3) is 6.10. The molecule has 1 fully saturated rings. The topological polar surface area (TPSA) is 70.6 Å². The van der Waals surface area contributed by atoms with Gasteiger partial charge in [0.1, 0.15) is 5.75 Å². The van der Waals surface area contributed by atoms with Gasteiger partial charge in [-0.1, -0.05) is 25.5 Å². The first-order chi connectivity index (χ1) is 11.2. The smallest absolute Gasteiger partial charge is 0.315 e. The molecule has 0 aromatic heterocycles. The van der Waals surface area contributed by atoms with Crippen LogP contribution in [0.25, 0.3) is 0 Å². The van der Waals surface area contributed by atoms with E-state index in [1.54, 1.807) is 0 Å². The van der Waals surface area contributed by atoms with Crippen molar-refractivity contribution in [1.29, 1.82) is 0 Å². The van der Waals surface area contributed by atoms with Gasteiger partial charge in [-0.25, -0.2) is 4.79 Å². The van der Waals surface area contributed by atoms with E-state index >= 15 is 0 Å². The molecule has 1 unspecified atom stereocenters. The minimum absolute atomic E-state index is 0.0445. The summed E-state index contributed by atoms with van der Waals surface area (Å²) in [5, 5.41) is 14.6. The van der Waals surface area contributed by atoms with Crippen LogP contribution in [-0.2, 0) is 6.54 Å². The van der Waals surface area contributed by atoms with Gasteiger partial charge in [-0.3, -0.25) is 0 Å². The van der Waals surface area contributed by atoms with E-state index in [4.69, 9.17) is 9.84 Å². The van der Waals surface area contributed by atoms with E-state index in [2.05, 4.69) is 10.6 Å². The first-order valence-electron chi connectivity index (χ1n) is 8.62. The van der Waals surface area contributed by atoms with Gasteiger partial charge < -0.3 is 20.5 Å². The Bertz CT molecular complexity index is 466. The maximum Gasteiger partial charge on any atom is 0.315 e. The molecule has 0 spiro atoms. The Morgan fingerprint density at radius 1 is 1.26 bits per heavy atom. The van der Waals surface area contributed by atoms with Crippen LogP contribution in [0.1, 0.15) is 51.0 Å². The summed E-state index contributed by atoms with van der Waals surface area (Å²) in [6, 6.07) is 7.43. The standard InChI is InChI=1S/C18H28N2O3/c1-2-15(13-21)20-18(22)19-12-14-8-10-17(11-9-14)23-16-6-4-3-5-7-16/h8-11,15-16,21H,2-7,12-13H2,1H3,(H2,19,20,22). The average molecular weight is 320 g/mol. The number of ether oxygens (including phenoxy) is 1. The minimum atomic E-state index is -0.256. The molecule has 23 heavy (non-hydrogen) atoms. The summed E-state index contributed by atoms with van der Waals surface area (Å²) in [5.74, 6) is 0.899. The number of urea groups is 1. The molecule has 0 bridgehead atoms. The number of hydrogen-bond donors (Lipinski definition) is 3. The van der Waals surface area contributed by atoms with Gasteiger partial charge >= 0.3 is 6.03 Å². The zero-order chi connectivity index (χ0) is 16.5. The molecule has 1 saturated carbocycles.